The number of anilines is 1. The predicted octanol–water partition coefficient (Wildman–Crippen LogP) is 2.36. The number of aryl methyl sites for hydroxylation is 1. The van der Waals surface area contributed by atoms with Crippen LogP contribution in [0.25, 0.3) is 0 Å². The number of nitrogens with one attached hydrogen (secondary N) is 1. The Kier molecular flexibility index (Phi) is 3.55. The second-order valence-electron chi connectivity index (χ2n) is 3.35. The number of hydrazine groups is 1. The van der Waals surface area contributed by atoms with Gasteiger partial charge in [-0.15, -0.1) is 0 Å². The topological polar surface area (TPSA) is 63.8 Å². The second-order valence-corrected chi connectivity index (χ2v) is 4.41. The van der Waals surface area contributed by atoms with Crippen LogP contribution >= 0.6 is 11.8 Å². The molecule has 0 radical (unpaired) electrons. The van der Waals surface area contributed by atoms with Crippen molar-refractivity contribution in [2.24, 2.45) is 5.84 Å². The van der Waals surface area contributed by atoms with E-state index in [0.717, 1.165) is 5.69 Å². The molecule has 0 spiro atoms. The van der Waals surface area contributed by atoms with Crippen LogP contribution in [0.3, 0.4) is 0 Å². The zero-order valence-electron chi connectivity index (χ0n) is 9.14. The average Bonchev–Trinajstić information content (AvgIpc) is 2.31. The van der Waals surface area contributed by atoms with E-state index in [4.69, 9.17) is 5.84 Å². The van der Waals surface area contributed by atoms with Crippen molar-refractivity contribution in [1.29, 1.82) is 0 Å². The first-order valence-corrected chi connectivity index (χ1v) is 5.75. The fraction of sp³-hybridized carbons (Fsp3) is 0.0909. The van der Waals surface area contributed by atoms with E-state index < -0.39 is 0 Å². The monoisotopic (exact) mass is 250 g/mol. The van der Waals surface area contributed by atoms with Gasteiger partial charge in [0.2, 0.25) is 5.95 Å². The van der Waals surface area contributed by atoms with Crippen LogP contribution in [0.4, 0.5) is 10.3 Å². The van der Waals surface area contributed by atoms with Gasteiger partial charge in [-0.25, -0.2) is 20.2 Å². The average molecular weight is 250 g/mol. The number of hydrogen-bond donors (Lipinski definition) is 2. The highest BCUT2D eigenvalue weighted by atomic mass is 32.2. The molecule has 1 aromatic carbocycles. The number of aromatic nitrogens is 2. The first kappa shape index (κ1) is 11.8. The molecule has 6 heteroatoms. The molecule has 88 valence electrons. The lowest BCUT2D eigenvalue weighted by atomic mass is 10.3. The molecule has 0 aliphatic carbocycles. The third-order valence-corrected chi connectivity index (χ3v) is 2.98. The summed E-state index contributed by atoms with van der Waals surface area (Å²) in [6.07, 6.45) is 0. The van der Waals surface area contributed by atoms with E-state index >= 15 is 0 Å². The van der Waals surface area contributed by atoms with Crippen LogP contribution in [-0.4, -0.2) is 9.97 Å². The fourth-order valence-corrected chi connectivity index (χ4v) is 2.20. The SMILES string of the molecule is Cc1cc(Sc2ccccc2F)nc(NN)n1. The molecule has 0 amide bonds. The zero-order valence-corrected chi connectivity index (χ0v) is 9.96. The summed E-state index contributed by atoms with van der Waals surface area (Å²) in [5.41, 5.74) is 3.15. The van der Waals surface area contributed by atoms with Gasteiger partial charge in [-0.1, -0.05) is 23.9 Å². The van der Waals surface area contributed by atoms with Gasteiger partial charge in [0.1, 0.15) is 10.8 Å². The predicted molar refractivity (Wildman–Crippen MR) is 65.1 cm³/mol. The van der Waals surface area contributed by atoms with Crippen molar-refractivity contribution < 1.29 is 4.39 Å². The van der Waals surface area contributed by atoms with Crippen LogP contribution < -0.4 is 11.3 Å². The normalized spacial score (nSPS) is 10.3. The molecular weight excluding hydrogens is 239 g/mol. The van der Waals surface area contributed by atoms with Crippen molar-refractivity contribution in [3.63, 3.8) is 0 Å². The Morgan fingerprint density at radius 3 is 2.76 bits per heavy atom. The van der Waals surface area contributed by atoms with Gasteiger partial charge < -0.3 is 0 Å². The Morgan fingerprint density at radius 2 is 2.06 bits per heavy atom. The summed E-state index contributed by atoms with van der Waals surface area (Å²) >= 11 is 1.24. The maximum absolute atomic E-state index is 13.5. The van der Waals surface area contributed by atoms with Gasteiger partial charge in [0.25, 0.3) is 0 Å². The van der Waals surface area contributed by atoms with Gasteiger partial charge in [0.05, 0.1) is 0 Å². The Labute approximate surface area is 102 Å². The summed E-state index contributed by atoms with van der Waals surface area (Å²) in [5.74, 6) is 5.31. The van der Waals surface area contributed by atoms with Gasteiger partial charge in [0.15, 0.2) is 0 Å². The molecule has 0 saturated carbocycles. The maximum atomic E-state index is 13.5. The molecular formula is C11H11FN4S. The molecule has 4 nitrogen and oxygen atoms in total. The quantitative estimate of drug-likeness (QED) is 0.497. The maximum Gasteiger partial charge on any atom is 0.238 e. The van der Waals surface area contributed by atoms with Crippen LogP contribution in [0.15, 0.2) is 40.3 Å². The van der Waals surface area contributed by atoms with Gasteiger partial charge in [-0.3, -0.25) is 5.43 Å². The molecule has 2 rings (SSSR count). The summed E-state index contributed by atoms with van der Waals surface area (Å²) in [6, 6.07) is 8.32. The standard InChI is InChI=1S/C11H11FN4S/c1-7-6-10(15-11(14-7)16-13)17-9-5-3-2-4-8(9)12/h2-6H,13H2,1H3,(H,14,15,16). The number of nitrogens with two attached hydrogens (primary N) is 1. The van der Waals surface area contributed by atoms with Crippen molar-refractivity contribution in [3.8, 4) is 0 Å². The zero-order chi connectivity index (χ0) is 12.3. The molecule has 17 heavy (non-hydrogen) atoms. The van der Waals surface area contributed by atoms with Gasteiger partial charge in [-0.2, -0.15) is 0 Å². The summed E-state index contributed by atoms with van der Waals surface area (Å²) in [4.78, 5) is 8.72. The second kappa shape index (κ2) is 5.11. The van der Waals surface area contributed by atoms with Gasteiger partial charge in [-0.05, 0) is 25.1 Å². The Hall–Kier alpha value is -1.66. The first-order valence-electron chi connectivity index (χ1n) is 4.94. The van der Waals surface area contributed by atoms with E-state index in [1.54, 1.807) is 24.3 Å². The summed E-state index contributed by atoms with van der Waals surface area (Å²) in [5, 5.41) is 0.649. The highest BCUT2D eigenvalue weighted by Crippen LogP contribution is 2.28. The fourth-order valence-electron chi connectivity index (χ4n) is 1.30. The van der Waals surface area contributed by atoms with Crippen molar-refractivity contribution >= 4 is 17.7 Å². The van der Waals surface area contributed by atoms with Gasteiger partial charge in [0, 0.05) is 10.6 Å². The minimum atomic E-state index is -0.268. The van der Waals surface area contributed by atoms with E-state index in [9.17, 15) is 4.39 Å². The molecule has 0 aliphatic heterocycles. The van der Waals surface area contributed by atoms with Crippen LogP contribution in [0.5, 0.6) is 0 Å². The largest absolute Gasteiger partial charge is 0.292 e. The van der Waals surface area contributed by atoms with E-state index in [1.165, 1.54) is 17.8 Å². The first-order chi connectivity index (χ1) is 8.19. The summed E-state index contributed by atoms with van der Waals surface area (Å²) in [7, 11) is 0. The van der Waals surface area contributed by atoms with E-state index in [1.807, 2.05) is 6.92 Å². The van der Waals surface area contributed by atoms with E-state index in [-0.39, 0.29) is 5.82 Å². The van der Waals surface area contributed by atoms with Crippen molar-refractivity contribution in [3.05, 3.63) is 41.8 Å². The lowest BCUT2D eigenvalue weighted by Gasteiger charge is -2.05. The van der Waals surface area contributed by atoms with Gasteiger partial charge >= 0.3 is 0 Å². The minimum absolute atomic E-state index is 0.268. The molecule has 0 unspecified atom stereocenters. The molecule has 2 aromatic rings. The highest BCUT2D eigenvalue weighted by Gasteiger charge is 2.06. The number of halogens is 1. The third kappa shape index (κ3) is 2.92. The number of rotatable bonds is 3. The Balaban J connectivity index is 2.30. The molecule has 0 saturated heterocycles. The van der Waals surface area contributed by atoms with Crippen LogP contribution in [-0.2, 0) is 0 Å². The Bertz CT molecular complexity index is 533. The van der Waals surface area contributed by atoms with Crippen molar-refractivity contribution in [1.82, 2.24) is 9.97 Å². The molecule has 0 aliphatic rings. The molecule has 0 bridgehead atoms. The molecule has 1 aromatic heterocycles. The molecule has 0 atom stereocenters. The number of nitrogen functional groups attached to an aromatic ring is 1. The van der Waals surface area contributed by atoms with E-state index in [2.05, 4.69) is 15.4 Å². The van der Waals surface area contributed by atoms with E-state index in [0.29, 0.717) is 15.9 Å². The molecule has 0 fully saturated rings. The summed E-state index contributed by atoms with van der Waals surface area (Å²) in [6.45, 7) is 1.83. The van der Waals surface area contributed by atoms with Crippen LogP contribution in [0, 0.1) is 12.7 Å². The lowest BCUT2D eigenvalue weighted by Crippen LogP contribution is -2.11. The van der Waals surface area contributed by atoms with Crippen LogP contribution in [0.1, 0.15) is 5.69 Å². The van der Waals surface area contributed by atoms with Crippen LogP contribution in [0.2, 0.25) is 0 Å². The number of hydrogen-bond acceptors (Lipinski definition) is 5. The highest BCUT2D eigenvalue weighted by molar-refractivity contribution is 7.99. The minimum Gasteiger partial charge on any atom is -0.292 e. The van der Waals surface area contributed by atoms with Crippen molar-refractivity contribution in [2.45, 2.75) is 16.8 Å². The molecule has 3 N–H and O–H groups in total. The lowest BCUT2D eigenvalue weighted by molar-refractivity contribution is 0.602. The Morgan fingerprint density at radius 1 is 1.29 bits per heavy atom. The number of nitrogens with zero attached hydrogens (tertiary/aromatic N) is 2. The van der Waals surface area contributed by atoms with Crippen molar-refractivity contribution in [2.75, 3.05) is 5.43 Å². The summed E-state index contributed by atoms with van der Waals surface area (Å²) < 4.78 is 13.5. The smallest absolute Gasteiger partial charge is 0.238 e. The third-order valence-electron chi connectivity index (χ3n) is 2.01. The molecule has 1 heterocycles. The number of benzene rings is 1.